The van der Waals surface area contributed by atoms with Crippen LogP contribution in [0.4, 0.5) is 11.4 Å². The van der Waals surface area contributed by atoms with E-state index < -0.39 is 23.9 Å². The molecule has 0 bridgehead atoms. The van der Waals surface area contributed by atoms with Gasteiger partial charge in [-0.25, -0.2) is 4.90 Å². The fourth-order valence-corrected chi connectivity index (χ4v) is 6.39. The van der Waals surface area contributed by atoms with Crippen LogP contribution in [-0.2, 0) is 9.59 Å². The van der Waals surface area contributed by atoms with E-state index in [-0.39, 0.29) is 17.6 Å². The maximum atomic E-state index is 14.1. The summed E-state index contributed by atoms with van der Waals surface area (Å²) in [6, 6.07) is 26.8. The van der Waals surface area contributed by atoms with Gasteiger partial charge in [0.05, 0.1) is 30.7 Å². The van der Waals surface area contributed by atoms with Gasteiger partial charge in [-0.15, -0.1) is 0 Å². The van der Waals surface area contributed by atoms with E-state index in [1.54, 1.807) is 43.5 Å². The highest BCUT2D eigenvalue weighted by Crippen LogP contribution is 2.50. The van der Waals surface area contributed by atoms with Crippen LogP contribution in [0.3, 0.4) is 0 Å². The van der Waals surface area contributed by atoms with E-state index >= 15 is 0 Å². The van der Waals surface area contributed by atoms with Crippen molar-refractivity contribution < 1.29 is 19.1 Å². The molecule has 6 heteroatoms. The number of imide groups is 1. The standard InChI is InChI=1S/C32H24N2O4/c1-38-22-14-12-21(13-15-22)33-31(36)27-26-18-16-24-23-10-6-5-7-19(23)11-17-25(24)34(26)29(28(27)32(33)37)30(35)20-8-3-2-4-9-20/h2-18,26-29H,1H3/t26-,27-,28-,29+/m1/s1. The summed E-state index contributed by atoms with van der Waals surface area (Å²) >= 11 is 0. The number of anilines is 2. The van der Waals surface area contributed by atoms with Gasteiger partial charge in [0.2, 0.25) is 11.8 Å². The lowest BCUT2D eigenvalue weighted by Gasteiger charge is -2.37. The first-order valence-electron chi connectivity index (χ1n) is 12.7. The van der Waals surface area contributed by atoms with Gasteiger partial charge in [0, 0.05) is 16.8 Å². The van der Waals surface area contributed by atoms with Crippen LogP contribution < -0.4 is 14.5 Å². The van der Waals surface area contributed by atoms with Crippen LogP contribution >= 0.6 is 0 Å². The molecule has 4 aromatic carbocycles. The van der Waals surface area contributed by atoms with Crippen LogP contribution in [0.5, 0.6) is 5.75 Å². The minimum atomic E-state index is -0.808. The minimum absolute atomic E-state index is 0.157. The summed E-state index contributed by atoms with van der Waals surface area (Å²) < 4.78 is 5.24. The van der Waals surface area contributed by atoms with Crippen molar-refractivity contribution >= 4 is 45.8 Å². The average Bonchev–Trinajstić information content (AvgIpc) is 3.45. The number of amides is 2. The lowest BCUT2D eigenvalue weighted by molar-refractivity contribution is -0.122. The summed E-state index contributed by atoms with van der Waals surface area (Å²) in [5, 5.41) is 2.16. The summed E-state index contributed by atoms with van der Waals surface area (Å²) in [5.41, 5.74) is 2.88. The number of methoxy groups -OCH3 is 1. The smallest absolute Gasteiger partial charge is 0.240 e. The molecule has 0 aromatic heterocycles. The van der Waals surface area contributed by atoms with E-state index in [0.29, 0.717) is 17.0 Å². The van der Waals surface area contributed by atoms with E-state index in [1.807, 2.05) is 59.5 Å². The number of carbonyl (C=O) groups is 3. The zero-order chi connectivity index (χ0) is 26.0. The predicted octanol–water partition coefficient (Wildman–Crippen LogP) is 5.12. The molecule has 0 N–H and O–H groups in total. The summed E-state index contributed by atoms with van der Waals surface area (Å²) in [7, 11) is 1.57. The third kappa shape index (κ3) is 3.10. The number of rotatable bonds is 4. The lowest BCUT2D eigenvalue weighted by atomic mass is 9.86. The van der Waals surface area contributed by atoms with Crippen molar-refractivity contribution in [2.24, 2.45) is 11.8 Å². The molecule has 2 fully saturated rings. The van der Waals surface area contributed by atoms with Gasteiger partial charge in [0.15, 0.2) is 5.78 Å². The number of fused-ring (bicyclic) bond motifs is 7. The van der Waals surface area contributed by atoms with Gasteiger partial charge in [0.25, 0.3) is 0 Å². The van der Waals surface area contributed by atoms with Crippen molar-refractivity contribution in [3.05, 3.63) is 108 Å². The highest BCUT2D eigenvalue weighted by Gasteiger charge is 2.64. The fourth-order valence-electron chi connectivity index (χ4n) is 6.39. The Morgan fingerprint density at radius 3 is 2.26 bits per heavy atom. The van der Waals surface area contributed by atoms with Crippen molar-refractivity contribution in [2.75, 3.05) is 16.9 Å². The first-order chi connectivity index (χ1) is 18.6. The highest BCUT2D eigenvalue weighted by molar-refractivity contribution is 6.25. The van der Waals surface area contributed by atoms with Gasteiger partial charge in [-0.1, -0.05) is 72.8 Å². The predicted molar refractivity (Wildman–Crippen MR) is 146 cm³/mol. The Labute approximate surface area is 219 Å². The summed E-state index contributed by atoms with van der Waals surface area (Å²) in [6.45, 7) is 0. The Bertz CT molecular complexity index is 1640. The Morgan fingerprint density at radius 1 is 0.789 bits per heavy atom. The van der Waals surface area contributed by atoms with E-state index in [9.17, 15) is 14.4 Å². The molecule has 3 aliphatic heterocycles. The van der Waals surface area contributed by atoms with Crippen LogP contribution in [0.1, 0.15) is 15.9 Å². The number of nitrogens with zero attached hydrogens (tertiary/aromatic N) is 2. The second kappa shape index (κ2) is 8.42. The van der Waals surface area contributed by atoms with Crippen molar-refractivity contribution in [1.29, 1.82) is 0 Å². The molecule has 6 nitrogen and oxygen atoms in total. The number of ketones is 1. The molecule has 3 aliphatic rings. The van der Waals surface area contributed by atoms with E-state index in [2.05, 4.69) is 12.1 Å². The monoisotopic (exact) mass is 500 g/mol. The normalized spacial score (nSPS) is 23.4. The zero-order valence-corrected chi connectivity index (χ0v) is 20.7. The van der Waals surface area contributed by atoms with Crippen LogP contribution in [0.15, 0.2) is 97.1 Å². The Hall–Kier alpha value is -4.71. The number of ether oxygens (including phenoxy) is 1. The molecule has 0 spiro atoms. The number of hydrogen-bond acceptors (Lipinski definition) is 5. The summed E-state index contributed by atoms with van der Waals surface area (Å²) in [5.74, 6) is -1.62. The van der Waals surface area contributed by atoms with Crippen LogP contribution in [0.2, 0.25) is 0 Å². The minimum Gasteiger partial charge on any atom is -0.497 e. The molecule has 3 heterocycles. The van der Waals surface area contributed by atoms with Crippen LogP contribution in [-0.4, -0.2) is 36.8 Å². The Morgan fingerprint density at radius 2 is 1.50 bits per heavy atom. The highest BCUT2D eigenvalue weighted by atomic mass is 16.5. The maximum absolute atomic E-state index is 14.1. The maximum Gasteiger partial charge on any atom is 0.240 e. The molecule has 0 aliphatic carbocycles. The second-order valence-electron chi connectivity index (χ2n) is 9.91. The molecule has 186 valence electrons. The van der Waals surface area contributed by atoms with E-state index in [4.69, 9.17) is 4.74 Å². The number of carbonyl (C=O) groups excluding carboxylic acids is 3. The van der Waals surface area contributed by atoms with Gasteiger partial charge in [0.1, 0.15) is 11.8 Å². The van der Waals surface area contributed by atoms with E-state index in [0.717, 1.165) is 22.0 Å². The molecule has 2 amide bonds. The van der Waals surface area contributed by atoms with Crippen molar-refractivity contribution in [1.82, 2.24) is 0 Å². The molecular formula is C32H24N2O4. The molecule has 38 heavy (non-hydrogen) atoms. The molecule has 0 unspecified atom stereocenters. The van der Waals surface area contributed by atoms with Gasteiger partial charge in [-0.3, -0.25) is 14.4 Å². The zero-order valence-electron chi connectivity index (χ0n) is 20.7. The molecular weight excluding hydrogens is 476 g/mol. The SMILES string of the molecule is COc1ccc(N2C(=O)[C@@H]3[C@H](C2=O)[C@H]2C=Cc4c(ccc5ccccc45)N2[C@@H]3C(=O)c2ccccc2)cc1. The molecule has 7 rings (SSSR count). The molecule has 4 atom stereocenters. The Kier molecular flexibility index (Phi) is 4.98. The second-order valence-corrected chi connectivity index (χ2v) is 9.91. The average molecular weight is 501 g/mol. The van der Waals surface area contributed by atoms with Gasteiger partial charge < -0.3 is 9.64 Å². The topological polar surface area (TPSA) is 66.9 Å². The third-order valence-corrected chi connectivity index (χ3v) is 8.07. The third-order valence-electron chi connectivity index (χ3n) is 8.07. The molecule has 0 saturated carbocycles. The quantitative estimate of drug-likeness (QED) is 0.287. The molecule has 0 radical (unpaired) electrons. The lowest BCUT2D eigenvalue weighted by Crippen LogP contribution is -2.48. The largest absolute Gasteiger partial charge is 0.497 e. The van der Waals surface area contributed by atoms with E-state index in [1.165, 1.54) is 4.90 Å². The van der Waals surface area contributed by atoms with Crippen molar-refractivity contribution in [3.63, 3.8) is 0 Å². The van der Waals surface area contributed by atoms with Crippen molar-refractivity contribution in [2.45, 2.75) is 12.1 Å². The summed E-state index contributed by atoms with van der Waals surface area (Å²) in [6.07, 6.45) is 4.03. The number of benzene rings is 4. The van der Waals surface area contributed by atoms with Crippen LogP contribution in [0.25, 0.3) is 16.8 Å². The first kappa shape index (κ1) is 22.5. The van der Waals surface area contributed by atoms with Gasteiger partial charge in [-0.2, -0.15) is 0 Å². The number of Topliss-reactive ketones (excluding diaryl/α,β-unsaturated/α-hetero) is 1. The fraction of sp³-hybridized carbons (Fsp3) is 0.156. The number of hydrogen-bond donors (Lipinski definition) is 0. The molecule has 4 aromatic rings. The molecule has 2 saturated heterocycles. The van der Waals surface area contributed by atoms with Gasteiger partial charge >= 0.3 is 0 Å². The first-order valence-corrected chi connectivity index (χ1v) is 12.7. The Balaban J connectivity index is 1.39. The van der Waals surface area contributed by atoms with Crippen molar-refractivity contribution in [3.8, 4) is 5.75 Å². The van der Waals surface area contributed by atoms with Crippen LogP contribution in [0, 0.1) is 11.8 Å². The summed E-state index contributed by atoms with van der Waals surface area (Å²) in [4.78, 5) is 45.4. The van der Waals surface area contributed by atoms with Gasteiger partial charge in [-0.05, 0) is 41.1 Å².